The van der Waals surface area contributed by atoms with Crippen LogP contribution in [0.25, 0.3) is 0 Å². The molecule has 0 bridgehead atoms. The van der Waals surface area contributed by atoms with E-state index < -0.39 is 9.52 Å². The van der Waals surface area contributed by atoms with Crippen molar-refractivity contribution in [1.29, 1.82) is 0 Å². The summed E-state index contributed by atoms with van der Waals surface area (Å²) in [6.45, 7) is -0.105. The second-order valence-corrected chi connectivity index (χ2v) is 5.78. The van der Waals surface area contributed by atoms with Gasteiger partial charge < -0.3 is 5.11 Å². The zero-order valence-corrected chi connectivity index (χ0v) is 7.74. The van der Waals surface area contributed by atoms with Gasteiger partial charge in [-0.3, -0.25) is 4.21 Å². The van der Waals surface area contributed by atoms with Crippen LogP contribution in [0.3, 0.4) is 0 Å². The highest BCUT2D eigenvalue weighted by atomic mass is 32.2. The Hall–Kier alpha value is -0.390. The first-order chi connectivity index (χ1) is 5.04. The molecule has 0 fully saturated rings. The summed E-state index contributed by atoms with van der Waals surface area (Å²) in [5.74, 6) is 3.48. The Kier molecular flexibility index (Phi) is 2.31. The van der Waals surface area contributed by atoms with Crippen LogP contribution >= 0.6 is 11.3 Å². The number of nitrogens with zero attached hydrogens (tertiary/aromatic N) is 1. The summed E-state index contributed by atoms with van der Waals surface area (Å²) >= 11 is 1.27. The molecule has 1 unspecified atom stereocenters. The van der Waals surface area contributed by atoms with Gasteiger partial charge in [-0.25, -0.2) is 4.98 Å². The van der Waals surface area contributed by atoms with E-state index in [0.717, 1.165) is 0 Å². The SMILES string of the molecule is C=S(C)(=O)c1nc(CO)cs1. The van der Waals surface area contributed by atoms with Crippen LogP contribution in [0.5, 0.6) is 0 Å². The van der Waals surface area contributed by atoms with Gasteiger partial charge >= 0.3 is 0 Å². The average molecular weight is 191 g/mol. The van der Waals surface area contributed by atoms with Crippen LogP contribution in [-0.4, -0.2) is 26.4 Å². The molecule has 0 saturated carbocycles. The number of aliphatic hydroxyl groups excluding tert-OH is 1. The van der Waals surface area contributed by atoms with E-state index in [0.29, 0.717) is 10.0 Å². The molecule has 1 atom stereocenters. The van der Waals surface area contributed by atoms with Crippen molar-refractivity contribution in [2.75, 3.05) is 6.26 Å². The fraction of sp³-hybridized carbons (Fsp3) is 0.333. The lowest BCUT2D eigenvalue weighted by Crippen LogP contribution is -1.95. The van der Waals surface area contributed by atoms with E-state index in [9.17, 15) is 4.21 Å². The smallest absolute Gasteiger partial charge is 0.172 e. The Labute approximate surface area is 69.7 Å². The summed E-state index contributed by atoms with van der Waals surface area (Å²) in [4.78, 5) is 3.93. The molecular formula is C6H9NO2S2. The largest absolute Gasteiger partial charge is 0.390 e. The number of hydrogen-bond donors (Lipinski definition) is 1. The van der Waals surface area contributed by atoms with E-state index in [1.165, 1.54) is 17.6 Å². The Morgan fingerprint density at radius 2 is 2.55 bits per heavy atom. The lowest BCUT2D eigenvalue weighted by Gasteiger charge is -1.92. The molecule has 11 heavy (non-hydrogen) atoms. The van der Waals surface area contributed by atoms with Crippen molar-refractivity contribution in [3.05, 3.63) is 11.1 Å². The molecule has 1 N–H and O–H groups in total. The second kappa shape index (κ2) is 2.92. The molecule has 0 aliphatic heterocycles. The molecule has 1 aromatic rings. The van der Waals surface area contributed by atoms with Crippen molar-refractivity contribution >= 4 is 26.7 Å². The van der Waals surface area contributed by atoms with E-state index in [2.05, 4.69) is 10.9 Å². The van der Waals surface area contributed by atoms with E-state index in [4.69, 9.17) is 5.11 Å². The molecule has 0 radical (unpaired) electrons. The maximum atomic E-state index is 11.3. The summed E-state index contributed by atoms with van der Waals surface area (Å²) in [7, 11) is -2.20. The highest BCUT2D eigenvalue weighted by Crippen LogP contribution is 2.14. The van der Waals surface area contributed by atoms with Crippen LogP contribution in [0, 0.1) is 0 Å². The number of aliphatic hydroxyl groups is 1. The summed E-state index contributed by atoms with van der Waals surface area (Å²) in [6, 6.07) is 0. The zero-order chi connectivity index (χ0) is 8.48. The average Bonchev–Trinajstić information content (AvgIpc) is 2.32. The van der Waals surface area contributed by atoms with Gasteiger partial charge in [0.25, 0.3) is 0 Å². The first-order valence-electron chi connectivity index (χ1n) is 2.91. The van der Waals surface area contributed by atoms with Gasteiger partial charge in [0.2, 0.25) is 0 Å². The van der Waals surface area contributed by atoms with E-state index in [1.54, 1.807) is 5.38 Å². The summed E-state index contributed by atoms with van der Waals surface area (Å²) in [6.07, 6.45) is 1.53. The van der Waals surface area contributed by atoms with Crippen molar-refractivity contribution in [2.24, 2.45) is 0 Å². The summed E-state index contributed by atoms with van der Waals surface area (Å²) < 4.78 is 11.8. The zero-order valence-electron chi connectivity index (χ0n) is 6.11. The lowest BCUT2D eigenvalue weighted by atomic mass is 10.5. The van der Waals surface area contributed by atoms with Gasteiger partial charge in [-0.1, -0.05) is 0 Å². The summed E-state index contributed by atoms with van der Waals surface area (Å²) in [5.41, 5.74) is 0.559. The molecule has 0 aliphatic rings. The minimum Gasteiger partial charge on any atom is -0.390 e. The second-order valence-electron chi connectivity index (χ2n) is 2.27. The number of hydrogen-bond acceptors (Lipinski definition) is 4. The van der Waals surface area contributed by atoms with Crippen LogP contribution in [0.2, 0.25) is 0 Å². The Bertz CT molecular complexity index is 339. The minimum absolute atomic E-state index is 0.105. The topological polar surface area (TPSA) is 50.2 Å². The molecular weight excluding hydrogens is 182 g/mol. The standard InChI is InChI=1S/C6H9NO2S2/c1-11(2,9)6-7-5(3-8)4-10-6/h4,8H,1,3H2,2H3. The number of rotatable bonds is 2. The Morgan fingerprint density at radius 3 is 2.82 bits per heavy atom. The van der Waals surface area contributed by atoms with Crippen LogP contribution in [0.4, 0.5) is 0 Å². The summed E-state index contributed by atoms with van der Waals surface area (Å²) in [5, 5.41) is 10.3. The van der Waals surface area contributed by atoms with Gasteiger partial charge in [-0.2, -0.15) is 0 Å². The third-order valence-electron chi connectivity index (χ3n) is 1.06. The highest BCUT2D eigenvalue weighted by molar-refractivity contribution is 8.01. The molecule has 0 saturated heterocycles. The van der Waals surface area contributed by atoms with Crippen LogP contribution in [0.15, 0.2) is 9.72 Å². The first kappa shape index (κ1) is 8.70. The van der Waals surface area contributed by atoms with Gasteiger partial charge in [-0.05, 0) is 5.87 Å². The molecule has 0 aromatic carbocycles. The van der Waals surface area contributed by atoms with Crippen molar-refractivity contribution in [1.82, 2.24) is 4.98 Å². The molecule has 3 nitrogen and oxygen atoms in total. The van der Waals surface area contributed by atoms with Crippen molar-refractivity contribution in [2.45, 2.75) is 10.9 Å². The maximum Gasteiger partial charge on any atom is 0.172 e. The molecule has 0 spiro atoms. The third-order valence-corrected chi connectivity index (χ3v) is 3.92. The highest BCUT2D eigenvalue weighted by Gasteiger charge is 2.05. The van der Waals surface area contributed by atoms with Gasteiger partial charge in [0.1, 0.15) is 0 Å². The van der Waals surface area contributed by atoms with Gasteiger partial charge in [-0.15, -0.1) is 11.3 Å². The van der Waals surface area contributed by atoms with Crippen LogP contribution < -0.4 is 0 Å². The van der Waals surface area contributed by atoms with Crippen molar-refractivity contribution in [3.8, 4) is 0 Å². The predicted molar refractivity (Wildman–Crippen MR) is 47.5 cm³/mol. The van der Waals surface area contributed by atoms with Gasteiger partial charge in [0.05, 0.1) is 12.3 Å². The van der Waals surface area contributed by atoms with E-state index in [-0.39, 0.29) is 6.61 Å². The van der Waals surface area contributed by atoms with Crippen LogP contribution in [0.1, 0.15) is 5.69 Å². The normalized spacial score (nSPS) is 16.2. The maximum absolute atomic E-state index is 11.3. The van der Waals surface area contributed by atoms with Crippen molar-refractivity contribution < 1.29 is 9.32 Å². The minimum atomic E-state index is -2.20. The quantitative estimate of drug-likeness (QED) is 0.686. The molecule has 1 heterocycles. The van der Waals surface area contributed by atoms with Crippen LogP contribution in [-0.2, 0) is 16.1 Å². The number of aromatic nitrogens is 1. The molecule has 5 heteroatoms. The molecule has 0 aliphatic carbocycles. The molecule has 1 rings (SSSR count). The predicted octanol–water partition coefficient (Wildman–Crippen LogP) is 0.341. The molecule has 1 aromatic heterocycles. The van der Waals surface area contributed by atoms with Crippen molar-refractivity contribution in [3.63, 3.8) is 0 Å². The monoisotopic (exact) mass is 191 g/mol. The Balaban J connectivity index is 3.09. The van der Waals surface area contributed by atoms with E-state index >= 15 is 0 Å². The molecule has 62 valence electrons. The third kappa shape index (κ3) is 2.02. The fourth-order valence-electron chi connectivity index (χ4n) is 0.559. The van der Waals surface area contributed by atoms with Gasteiger partial charge in [0, 0.05) is 21.2 Å². The van der Waals surface area contributed by atoms with E-state index in [1.807, 2.05) is 0 Å². The first-order valence-corrected chi connectivity index (χ1v) is 5.93. The lowest BCUT2D eigenvalue weighted by molar-refractivity contribution is 0.277. The number of thiazole rings is 1. The Morgan fingerprint density at radius 1 is 1.91 bits per heavy atom. The molecule has 0 amide bonds. The fourth-order valence-corrected chi connectivity index (χ4v) is 2.36. The van der Waals surface area contributed by atoms with Gasteiger partial charge in [0.15, 0.2) is 4.34 Å².